The molecular weight excluding hydrogens is 174 g/mol. The Morgan fingerprint density at radius 2 is 1.71 bits per heavy atom. The molecule has 0 aliphatic rings. The smallest absolute Gasteiger partial charge is 0.0619 e. The van der Waals surface area contributed by atoms with E-state index in [1.54, 1.807) is 0 Å². The van der Waals surface area contributed by atoms with E-state index in [1.165, 1.54) is 19.3 Å². The Bertz CT molecular complexity index is 113. The van der Waals surface area contributed by atoms with Crippen LogP contribution >= 0.6 is 0 Å². The second-order valence-electron chi connectivity index (χ2n) is 3.83. The van der Waals surface area contributed by atoms with Crippen LogP contribution in [0.3, 0.4) is 0 Å². The molecule has 0 aromatic rings. The van der Waals surface area contributed by atoms with Crippen molar-refractivity contribution >= 4 is 0 Å². The van der Waals surface area contributed by atoms with Crippen LogP contribution < -0.4 is 5.32 Å². The molecule has 2 nitrogen and oxygen atoms in total. The lowest BCUT2D eigenvalue weighted by atomic mass is 9.95. The van der Waals surface area contributed by atoms with Gasteiger partial charge in [0.2, 0.25) is 0 Å². The van der Waals surface area contributed by atoms with E-state index < -0.39 is 0 Å². The first kappa shape index (κ1) is 13.9. The third kappa shape index (κ3) is 6.39. The number of rotatable bonds is 9. The van der Waals surface area contributed by atoms with Crippen molar-refractivity contribution in [3.63, 3.8) is 0 Å². The largest absolute Gasteiger partial charge is 0.380 e. The van der Waals surface area contributed by atoms with Crippen LogP contribution in [0.1, 0.15) is 47.0 Å². The fraction of sp³-hybridized carbons (Fsp3) is 1.00. The summed E-state index contributed by atoms with van der Waals surface area (Å²) in [6.07, 6.45) is 3.82. The van der Waals surface area contributed by atoms with Gasteiger partial charge in [0.05, 0.1) is 6.61 Å². The van der Waals surface area contributed by atoms with E-state index in [-0.39, 0.29) is 0 Å². The minimum absolute atomic E-state index is 0.546. The molecule has 0 amide bonds. The number of hydrogen-bond acceptors (Lipinski definition) is 2. The van der Waals surface area contributed by atoms with E-state index in [1.807, 2.05) is 0 Å². The van der Waals surface area contributed by atoms with E-state index in [4.69, 9.17) is 4.74 Å². The summed E-state index contributed by atoms with van der Waals surface area (Å²) >= 11 is 0. The molecule has 0 radical (unpaired) electrons. The maximum atomic E-state index is 5.48. The van der Waals surface area contributed by atoms with Crippen molar-refractivity contribution in [1.29, 1.82) is 0 Å². The number of likely N-dealkylation sites (N-methyl/N-ethyl adjacent to an activating group) is 1. The van der Waals surface area contributed by atoms with Gasteiger partial charge in [0, 0.05) is 12.6 Å². The molecule has 0 saturated heterocycles. The van der Waals surface area contributed by atoms with Crippen molar-refractivity contribution in [3.05, 3.63) is 0 Å². The Morgan fingerprint density at radius 1 is 1.07 bits per heavy atom. The van der Waals surface area contributed by atoms with Gasteiger partial charge in [0.1, 0.15) is 0 Å². The molecule has 0 aromatic carbocycles. The minimum Gasteiger partial charge on any atom is -0.380 e. The Kier molecular flexibility index (Phi) is 9.42. The van der Waals surface area contributed by atoms with Crippen LogP contribution in [0.5, 0.6) is 0 Å². The molecule has 0 saturated carbocycles. The van der Waals surface area contributed by atoms with Gasteiger partial charge in [-0.2, -0.15) is 0 Å². The zero-order valence-corrected chi connectivity index (χ0v) is 10.3. The van der Waals surface area contributed by atoms with Crippen molar-refractivity contribution in [2.24, 2.45) is 5.92 Å². The highest BCUT2D eigenvalue weighted by molar-refractivity contribution is 4.69. The predicted octanol–water partition coefficient (Wildman–Crippen LogP) is 2.83. The highest BCUT2D eigenvalue weighted by Crippen LogP contribution is 2.15. The summed E-state index contributed by atoms with van der Waals surface area (Å²) in [4.78, 5) is 0. The van der Waals surface area contributed by atoms with Gasteiger partial charge in [-0.15, -0.1) is 0 Å². The first-order valence-electron chi connectivity index (χ1n) is 6.09. The average Bonchev–Trinajstić information content (AvgIpc) is 2.22. The third-order valence-electron chi connectivity index (χ3n) is 2.79. The van der Waals surface area contributed by atoms with Gasteiger partial charge < -0.3 is 10.1 Å². The second-order valence-corrected chi connectivity index (χ2v) is 3.83. The summed E-state index contributed by atoms with van der Waals surface area (Å²) in [6.45, 7) is 11.5. The van der Waals surface area contributed by atoms with Crippen LogP contribution in [0, 0.1) is 5.92 Å². The van der Waals surface area contributed by atoms with Gasteiger partial charge in [0.15, 0.2) is 0 Å². The molecule has 0 aromatic heterocycles. The lowest BCUT2D eigenvalue weighted by molar-refractivity contribution is 0.114. The molecule has 1 atom stereocenters. The summed E-state index contributed by atoms with van der Waals surface area (Å²) in [5.74, 6) is 0.847. The molecule has 0 heterocycles. The molecule has 1 N–H and O–H groups in total. The highest BCUT2D eigenvalue weighted by Gasteiger charge is 2.12. The molecule has 0 spiro atoms. The molecule has 0 aliphatic carbocycles. The van der Waals surface area contributed by atoms with Crippen LogP contribution in [0.2, 0.25) is 0 Å². The van der Waals surface area contributed by atoms with Gasteiger partial charge in [-0.25, -0.2) is 0 Å². The van der Waals surface area contributed by atoms with Crippen molar-refractivity contribution < 1.29 is 4.74 Å². The molecule has 1 unspecified atom stereocenters. The maximum Gasteiger partial charge on any atom is 0.0619 e. The SMILES string of the molecule is CCNC(COCC)CC(CC)CC. The molecule has 2 heteroatoms. The molecular formula is C12H27NO. The van der Waals surface area contributed by atoms with E-state index in [0.29, 0.717) is 6.04 Å². The van der Waals surface area contributed by atoms with Gasteiger partial charge in [0.25, 0.3) is 0 Å². The summed E-state index contributed by atoms with van der Waals surface area (Å²) in [5, 5.41) is 3.49. The van der Waals surface area contributed by atoms with Crippen molar-refractivity contribution in [3.8, 4) is 0 Å². The first-order chi connectivity index (χ1) is 6.78. The maximum absolute atomic E-state index is 5.48. The lowest BCUT2D eigenvalue weighted by Crippen LogP contribution is -2.35. The predicted molar refractivity (Wildman–Crippen MR) is 62.6 cm³/mol. The normalized spacial score (nSPS) is 13.5. The Hall–Kier alpha value is -0.0800. The Labute approximate surface area is 89.4 Å². The Morgan fingerprint density at radius 3 is 2.14 bits per heavy atom. The number of hydrogen-bond donors (Lipinski definition) is 1. The third-order valence-corrected chi connectivity index (χ3v) is 2.79. The average molecular weight is 201 g/mol. The van der Waals surface area contributed by atoms with Gasteiger partial charge >= 0.3 is 0 Å². The van der Waals surface area contributed by atoms with Crippen LogP contribution in [-0.4, -0.2) is 25.8 Å². The van der Waals surface area contributed by atoms with Crippen molar-refractivity contribution in [2.45, 2.75) is 53.0 Å². The van der Waals surface area contributed by atoms with Crippen LogP contribution in [0.25, 0.3) is 0 Å². The van der Waals surface area contributed by atoms with Crippen LogP contribution in [0.4, 0.5) is 0 Å². The van der Waals surface area contributed by atoms with E-state index in [2.05, 4.69) is 33.0 Å². The van der Waals surface area contributed by atoms with Gasteiger partial charge in [-0.1, -0.05) is 33.6 Å². The zero-order chi connectivity index (χ0) is 10.8. The lowest BCUT2D eigenvalue weighted by Gasteiger charge is -2.22. The molecule has 0 rings (SSSR count). The quantitative estimate of drug-likeness (QED) is 0.619. The molecule has 0 bridgehead atoms. The van der Waals surface area contributed by atoms with Gasteiger partial charge in [-0.05, 0) is 25.8 Å². The van der Waals surface area contributed by atoms with Crippen molar-refractivity contribution in [2.75, 3.05) is 19.8 Å². The fourth-order valence-electron chi connectivity index (χ4n) is 1.78. The van der Waals surface area contributed by atoms with E-state index >= 15 is 0 Å². The number of ether oxygens (including phenoxy) is 1. The molecule has 86 valence electrons. The molecule has 0 fully saturated rings. The second kappa shape index (κ2) is 9.47. The first-order valence-corrected chi connectivity index (χ1v) is 6.09. The standard InChI is InChI=1S/C12H27NO/c1-5-11(6-2)9-12(13-7-3)10-14-8-4/h11-13H,5-10H2,1-4H3. The van der Waals surface area contributed by atoms with Crippen LogP contribution in [0.15, 0.2) is 0 Å². The topological polar surface area (TPSA) is 21.3 Å². The highest BCUT2D eigenvalue weighted by atomic mass is 16.5. The Balaban J connectivity index is 3.80. The summed E-state index contributed by atoms with van der Waals surface area (Å²) in [6, 6.07) is 0.546. The van der Waals surface area contributed by atoms with E-state index in [0.717, 1.165) is 25.7 Å². The summed E-state index contributed by atoms with van der Waals surface area (Å²) < 4.78 is 5.48. The van der Waals surface area contributed by atoms with E-state index in [9.17, 15) is 0 Å². The number of nitrogens with one attached hydrogen (secondary N) is 1. The fourth-order valence-corrected chi connectivity index (χ4v) is 1.78. The zero-order valence-electron chi connectivity index (χ0n) is 10.3. The minimum atomic E-state index is 0.546. The summed E-state index contributed by atoms with van der Waals surface area (Å²) in [7, 11) is 0. The van der Waals surface area contributed by atoms with Crippen LogP contribution in [-0.2, 0) is 4.74 Å². The molecule has 0 aliphatic heterocycles. The van der Waals surface area contributed by atoms with Gasteiger partial charge in [-0.3, -0.25) is 0 Å². The van der Waals surface area contributed by atoms with Crippen molar-refractivity contribution in [1.82, 2.24) is 5.32 Å². The molecule has 14 heavy (non-hydrogen) atoms. The summed E-state index contributed by atoms with van der Waals surface area (Å²) in [5.41, 5.74) is 0. The monoisotopic (exact) mass is 201 g/mol.